The van der Waals surface area contributed by atoms with Crippen molar-refractivity contribution in [3.8, 4) is 5.75 Å². The highest BCUT2D eigenvalue weighted by atomic mass is 16.5. The second kappa shape index (κ2) is 3.79. The summed E-state index contributed by atoms with van der Waals surface area (Å²) in [5.74, 6) is 0.330. The van der Waals surface area contributed by atoms with Crippen molar-refractivity contribution >= 4 is 0 Å². The van der Waals surface area contributed by atoms with Gasteiger partial charge in [-0.05, 0) is 37.0 Å². The zero-order valence-corrected chi connectivity index (χ0v) is 7.57. The van der Waals surface area contributed by atoms with Crippen LogP contribution in [0.2, 0.25) is 0 Å². The Morgan fingerprint density at radius 1 is 1.31 bits per heavy atom. The number of hydrogen-bond acceptors (Lipinski definition) is 2. The molecule has 0 spiro atoms. The summed E-state index contributed by atoms with van der Waals surface area (Å²) in [4.78, 5) is 0. The van der Waals surface area contributed by atoms with Gasteiger partial charge in [0.05, 0.1) is 6.10 Å². The van der Waals surface area contributed by atoms with Gasteiger partial charge < -0.3 is 9.84 Å². The van der Waals surface area contributed by atoms with Gasteiger partial charge in [-0.15, -0.1) is 0 Å². The Hall–Kier alpha value is -1.02. The second-order valence-corrected chi connectivity index (χ2v) is 3.51. The van der Waals surface area contributed by atoms with Crippen LogP contribution >= 0.6 is 0 Å². The van der Waals surface area contributed by atoms with Crippen LogP contribution in [0.25, 0.3) is 0 Å². The second-order valence-electron chi connectivity index (χ2n) is 3.51. The molecule has 70 valence electrons. The number of aromatic hydroxyl groups is 1. The van der Waals surface area contributed by atoms with Crippen molar-refractivity contribution in [2.45, 2.75) is 25.4 Å². The summed E-state index contributed by atoms with van der Waals surface area (Å²) in [6.45, 7) is 0.906. The number of hydrogen-bond donors (Lipinski definition) is 1. The van der Waals surface area contributed by atoms with Gasteiger partial charge in [0.1, 0.15) is 5.75 Å². The van der Waals surface area contributed by atoms with Gasteiger partial charge in [0.15, 0.2) is 0 Å². The van der Waals surface area contributed by atoms with Gasteiger partial charge in [-0.25, -0.2) is 0 Å². The maximum atomic E-state index is 9.09. The van der Waals surface area contributed by atoms with Crippen LogP contribution in [-0.4, -0.2) is 17.8 Å². The maximum absolute atomic E-state index is 9.09. The predicted molar refractivity (Wildman–Crippen MR) is 50.8 cm³/mol. The highest BCUT2D eigenvalue weighted by Gasteiger charge is 2.15. The molecule has 1 aromatic carbocycles. The van der Waals surface area contributed by atoms with E-state index in [1.54, 1.807) is 12.1 Å². The SMILES string of the molecule is Oc1ccc(CC2CCCO2)cc1. The van der Waals surface area contributed by atoms with Crippen molar-refractivity contribution in [2.24, 2.45) is 0 Å². The van der Waals surface area contributed by atoms with Crippen molar-refractivity contribution in [1.82, 2.24) is 0 Å². The smallest absolute Gasteiger partial charge is 0.115 e. The molecule has 1 unspecified atom stereocenters. The molecule has 1 saturated heterocycles. The topological polar surface area (TPSA) is 29.5 Å². The summed E-state index contributed by atoms with van der Waals surface area (Å²) in [5.41, 5.74) is 1.24. The molecule has 2 nitrogen and oxygen atoms in total. The lowest BCUT2D eigenvalue weighted by molar-refractivity contribution is 0.111. The fourth-order valence-corrected chi connectivity index (χ4v) is 1.70. The molecule has 0 saturated carbocycles. The van der Waals surface area contributed by atoms with Crippen LogP contribution in [-0.2, 0) is 11.2 Å². The van der Waals surface area contributed by atoms with Crippen LogP contribution in [0.1, 0.15) is 18.4 Å². The minimum atomic E-state index is 0.330. The number of benzene rings is 1. The normalized spacial score (nSPS) is 22.0. The first-order valence-electron chi connectivity index (χ1n) is 4.74. The van der Waals surface area contributed by atoms with Gasteiger partial charge in [-0.1, -0.05) is 12.1 Å². The number of ether oxygens (including phenoxy) is 1. The molecule has 1 heterocycles. The Morgan fingerprint density at radius 3 is 2.69 bits per heavy atom. The van der Waals surface area contributed by atoms with Crippen LogP contribution in [0.3, 0.4) is 0 Å². The molecule has 1 N–H and O–H groups in total. The van der Waals surface area contributed by atoms with E-state index >= 15 is 0 Å². The van der Waals surface area contributed by atoms with Crippen molar-refractivity contribution in [3.05, 3.63) is 29.8 Å². The fraction of sp³-hybridized carbons (Fsp3) is 0.455. The van der Waals surface area contributed by atoms with Gasteiger partial charge in [-0.2, -0.15) is 0 Å². The summed E-state index contributed by atoms with van der Waals surface area (Å²) in [7, 11) is 0. The molecule has 0 aliphatic carbocycles. The van der Waals surface area contributed by atoms with Gasteiger partial charge >= 0.3 is 0 Å². The summed E-state index contributed by atoms with van der Waals surface area (Å²) in [6, 6.07) is 7.36. The van der Waals surface area contributed by atoms with Crippen LogP contribution in [0.4, 0.5) is 0 Å². The van der Waals surface area contributed by atoms with Gasteiger partial charge in [0, 0.05) is 6.61 Å². The van der Waals surface area contributed by atoms with E-state index in [0.29, 0.717) is 11.9 Å². The third-order valence-electron chi connectivity index (χ3n) is 2.42. The molecule has 1 aromatic rings. The van der Waals surface area contributed by atoms with Crippen LogP contribution < -0.4 is 0 Å². The van der Waals surface area contributed by atoms with E-state index in [-0.39, 0.29) is 0 Å². The van der Waals surface area contributed by atoms with Crippen molar-refractivity contribution < 1.29 is 9.84 Å². The molecule has 0 bridgehead atoms. The summed E-state index contributed by atoms with van der Waals surface area (Å²) in [5, 5.41) is 9.09. The molecule has 1 atom stereocenters. The zero-order valence-electron chi connectivity index (χ0n) is 7.57. The molecule has 13 heavy (non-hydrogen) atoms. The highest BCUT2D eigenvalue weighted by molar-refractivity contribution is 5.26. The molecule has 0 amide bonds. The Labute approximate surface area is 78.2 Å². The highest BCUT2D eigenvalue weighted by Crippen LogP contribution is 2.18. The first kappa shape index (κ1) is 8.57. The fourth-order valence-electron chi connectivity index (χ4n) is 1.70. The van der Waals surface area contributed by atoms with E-state index in [4.69, 9.17) is 9.84 Å². The standard InChI is InChI=1S/C11H14O2/c12-10-5-3-9(4-6-10)8-11-2-1-7-13-11/h3-6,11-12H,1-2,7-8H2. The van der Waals surface area contributed by atoms with Gasteiger partial charge in [0.25, 0.3) is 0 Å². The van der Waals surface area contributed by atoms with E-state index in [2.05, 4.69) is 0 Å². The third-order valence-corrected chi connectivity index (χ3v) is 2.42. The number of phenolic OH excluding ortho intramolecular Hbond substituents is 1. The molecule has 2 rings (SSSR count). The van der Waals surface area contributed by atoms with E-state index in [0.717, 1.165) is 13.0 Å². The molecule has 0 aromatic heterocycles. The molecule has 1 aliphatic rings. The lowest BCUT2D eigenvalue weighted by Crippen LogP contribution is -2.08. The van der Waals surface area contributed by atoms with E-state index in [1.165, 1.54) is 18.4 Å². The number of rotatable bonds is 2. The summed E-state index contributed by atoms with van der Waals surface area (Å²) in [6.07, 6.45) is 3.72. The van der Waals surface area contributed by atoms with Crippen LogP contribution in [0.5, 0.6) is 5.75 Å². The lowest BCUT2D eigenvalue weighted by Gasteiger charge is -2.08. The molecular weight excluding hydrogens is 164 g/mol. The molecular formula is C11H14O2. The Balaban J connectivity index is 1.97. The minimum absolute atomic E-state index is 0.330. The monoisotopic (exact) mass is 178 g/mol. The molecule has 1 fully saturated rings. The average molecular weight is 178 g/mol. The Kier molecular flexibility index (Phi) is 2.50. The molecule has 1 aliphatic heterocycles. The van der Waals surface area contributed by atoms with E-state index in [9.17, 15) is 0 Å². The minimum Gasteiger partial charge on any atom is -0.508 e. The maximum Gasteiger partial charge on any atom is 0.115 e. The lowest BCUT2D eigenvalue weighted by atomic mass is 10.1. The van der Waals surface area contributed by atoms with Crippen LogP contribution in [0.15, 0.2) is 24.3 Å². The van der Waals surface area contributed by atoms with Gasteiger partial charge in [-0.3, -0.25) is 0 Å². The quantitative estimate of drug-likeness (QED) is 0.751. The summed E-state index contributed by atoms with van der Waals surface area (Å²) >= 11 is 0. The average Bonchev–Trinajstić information content (AvgIpc) is 2.62. The van der Waals surface area contributed by atoms with Crippen molar-refractivity contribution in [3.63, 3.8) is 0 Å². The van der Waals surface area contributed by atoms with Crippen molar-refractivity contribution in [2.75, 3.05) is 6.61 Å². The first-order valence-corrected chi connectivity index (χ1v) is 4.74. The van der Waals surface area contributed by atoms with E-state index < -0.39 is 0 Å². The Bertz CT molecular complexity index is 260. The first-order chi connectivity index (χ1) is 6.34. The largest absolute Gasteiger partial charge is 0.508 e. The molecule has 0 radical (unpaired) electrons. The predicted octanol–water partition coefficient (Wildman–Crippen LogP) is 2.11. The summed E-state index contributed by atoms with van der Waals surface area (Å²) < 4.78 is 5.52. The van der Waals surface area contributed by atoms with E-state index in [1.807, 2.05) is 12.1 Å². The third kappa shape index (κ3) is 2.22. The zero-order chi connectivity index (χ0) is 9.10. The Morgan fingerprint density at radius 2 is 2.08 bits per heavy atom. The van der Waals surface area contributed by atoms with Gasteiger partial charge in [0.2, 0.25) is 0 Å². The molecule has 2 heteroatoms. The van der Waals surface area contributed by atoms with Crippen molar-refractivity contribution in [1.29, 1.82) is 0 Å². The number of phenols is 1. The van der Waals surface area contributed by atoms with Crippen LogP contribution in [0, 0.1) is 0 Å².